The first-order chi connectivity index (χ1) is 8.90. The van der Waals surface area contributed by atoms with Crippen LogP contribution in [0.5, 0.6) is 0 Å². The molecule has 0 spiro atoms. The average molecular weight is 343 g/mol. The minimum Gasteiger partial charge on any atom is -0.444 e. The summed E-state index contributed by atoms with van der Waals surface area (Å²) < 4.78 is 5.91. The van der Waals surface area contributed by atoms with E-state index in [0.29, 0.717) is 15.8 Å². The molecule has 1 aromatic rings. The van der Waals surface area contributed by atoms with Gasteiger partial charge in [-0.1, -0.05) is 20.8 Å². The van der Waals surface area contributed by atoms with E-state index in [9.17, 15) is 4.79 Å². The number of carbonyl (C=O) groups excluding carboxylic acids is 1. The second kappa shape index (κ2) is 5.64. The normalized spacial score (nSPS) is 12.2. The Bertz CT molecular complexity index is 514. The summed E-state index contributed by atoms with van der Waals surface area (Å²) in [6.45, 7) is 11.7. The molecule has 0 bridgehead atoms. The van der Waals surface area contributed by atoms with Gasteiger partial charge in [0.15, 0.2) is 0 Å². The van der Waals surface area contributed by atoms with Crippen molar-refractivity contribution in [2.75, 3.05) is 11.1 Å². The molecule has 0 saturated carbocycles. The Kier molecular flexibility index (Phi) is 4.74. The van der Waals surface area contributed by atoms with E-state index in [1.807, 2.05) is 32.9 Å². The minimum atomic E-state index is -0.538. The Balaban J connectivity index is 3.06. The lowest BCUT2D eigenvalue weighted by molar-refractivity contribution is 0.0636. The number of nitrogen functional groups attached to an aromatic ring is 1. The highest BCUT2D eigenvalue weighted by atomic mass is 79.9. The molecule has 0 radical (unpaired) electrons. The molecule has 0 aliphatic carbocycles. The fourth-order valence-electron chi connectivity index (χ4n) is 1.58. The molecule has 112 valence electrons. The van der Waals surface area contributed by atoms with Crippen LogP contribution in [-0.2, 0) is 10.2 Å². The predicted octanol–water partition coefficient (Wildman–Crippen LogP) is 4.68. The van der Waals surface area contributed by atoms with Crippen molar-refractivity contribution in [1.82, 2.24) is 0 Å². The number of halogens is 1. The van der Waals surface area contributed by atoms with Gasteiger partial charge < -0.3 is 10.5 Å². The van der Waals surface area contributed by atoms with E-state index in [4.69, 9.17) is 10.5 Å². The van der Waals surface area contributed by atoms with Crippen molar-refractivity contribution < 1.29 is 9.53 Å². The largest absolute Gasteiger partial charge is 0.444 e. The van der Waals surface area contributed by atoms with Crippen LogP contribution in [-0.4, -0.2) is 11.7 Å². The molecule has 5 heteroatoms. The van der Waals surface area contributed by atoms with Crippen molar-refractivity contribution in [2.24, 2.45) is 0 Å². The second-order valence-electron chi connectivity index (χ2n) is 6.80. The molecule has 0 unspecified atom stereocenters. The first-order valence-electron chi connectivity index (χ1n) is 6.49. The Morgan fingerprint density at radius 2 is 1.75 bits per heavy atom. The lowest BCUT2D eigenvalue weighted by Crippen LogP contribution is -2.27. The third-order valence-corrected chi connectivity index (χ3v) is 3.49. The van der Waals surface area contributed by atoms with Gasteiger partial charge in [-0.25, -0.2) is 4.79 Å². The van der Waals surface area contributed by atoms with E-state index in [2.05, 4.69) is 42.0 Å². The van der Waals surface area contributed by atoms with Crippen molar-refractivity contribution in [2.45, 2.75) is 52.6 Å². The van der Waals surface area contributed by atoms with Crippen LogP contribution in [0.15, 0.2) is 16.6 Å². The Morgan fingerprint density at radius 3 is 2.20 bits per heavy atom. The zero-order valence-electron chi connectivity index (χ0n) is 12.9. The zero-order chi connectivity index (χ0) is 15.7. The van der Waals surface area contributed by atoms with Crippen molar-refractivity contribution in [3.8, 4) is 0 Å². The van der Waals surface area contributed by atoms with Crippen LogP contribution in [0.3, 0.4) is 0 Å². The van der Waals surface area contributed by atoms with E-state index in [-0.39, 0.29) is 5.41 Å². The third kappa shape index (κ3) is 4.71. The number of benzene rings is 1. The van der Waals surface area contributed by atoms with Crippen molar-refractivity contribution in [1.29, 1.82) is 0 Å². The van der Waals surface area contributed by atoms with Gasteiger partial charge in [-0.2, -0.15) is 0 Å². The van der Waals surface area contributed by atoms with Gasteiger partial charge >= 0.3 is 6.09 Å². The van der Waals surface area contributed by atoms with Gasteiger partial charge in [-0.05, 0) is 59.8 Å². The molecule has 0 heterocycles. The smallest absolute Gasteiger partial charge is 0.412 e. The van der Waals surface area contributed by atoms with Crippen LogP contribution < -0.4 is 11.1 Å². The fraction of sp³-hybridized carbons (Fsp3) is 0.533. The maximum atomic E-state index is 11.9. The Morgan fingerprint density at radius 1 is 1.20 bits per heavy atom. The summed E-state index contributed by atoms with van der Waals surface area (Å²) in [5.41, 5.74) is 7.63. The zero-order valence-corrected chi connectivity index (χ0v) is 14.5. The molecule has 4 nitrogen and oxygen atoms in total. The topological polar surface area (TPSA) is 64.3 Å². The van der Waals surface area contributed by atoms with Crippen molar-refractivity contribution in [3.63, 3.8) is 0 Å². The fourth-order valence-corrected chi connectivity index (χ4v) is 1.91. The number of amides is 1. The lowest BCUT2D eigenvalue weighted by Gasteiger charge is -2.23. The molecule has 1 aromatic carbocycles. The molecule has 3 N–H and O–H groups in total. The van der Waals surface area contributed by atoms with Gasteiger partial charge in [0, 0.05) is 5.69 Å². The third-order valence-electron chi connectivity index (χ3n) is 2.60. The van der Waals surface area contributed by atoms with Gasteiger partial charge in [0.1, 0.15) is 5.60 Å². The van der Waals surface area contributed by atoms with E-state index in [1.165, 1.54) is 0 Å². The number of rotatable bonds is 1. The first kappa shape index (κ1) is 16.8. The Labute approximate surface area is 129 Å². The summed E-state index contributed by atoms with van der Waals surface area (Å²) in [7, 11) is 0. The molecule has 0 aliphatic heterocycles. The summed E-state index contributed by atoms with van der Waals surface area (Å²) in [5.74, 6) is 0. The number of nitrogens with two attached hydrogens (primary N) is 1. The van der Waals surface area contributed by atoms with Gasteiger partial charge in [-0.15, -0.1) is 0 Å². The van der Waals surface area contributed by atoms with Gasteiger partial charge in [0.25, 0.3) is 0 Å². The van der Waals surface area contributed by atoms with Crippen LogP contribution in [0.1, 0.15) is 47.1 Å². The van der Waals surface area contributed by atoms with Gasteiger partial charge in [0.2, 0.25) is 0 Å². The summed E-state index contributed by atoms with van der Waals surface area (Å²) in [5, 5.41) is 2.73. The second-order valence-corrected chi connectivity index (χ2v) is 7.60. The van der Waals surface area contributed by atoms with Crippen molar-refractivity contribution >= 4 is 33.4 Å². The molecule has 1 amide bonds. The van der Waals surface area contributed by atoms with Crippen LogP contribution in [0, 0.1) is 0 Å². The molecule has 1 rings (SSSR count). The van der Waals surface area contributed by atoms with E-state index in [1.54, 1.807) is 0 Å². The van der Waals surface area contributed by atoms with Crippen LogP contribution in [0.2, 0.25) is 0 Å². The predicted molar refractivity (Wildman–Crippen MR) is 87.1 cm³/mol. The number of anilines is 2. The number of hydrogen-bond acceptors (Lipinski definition) is 3. The molecule has 20 heavy (non-hydrogen) atoms. The quantitative estimate of drug-likeness (QED) is 0.728. The summed E-state index contributed by atoms with van der Waals surface area (Å²) in [6.07, 6.45) is -0.497. The maximum absolute atomic E-state index is 11.9. The number of carbonyl (C=O) groups is 1. The molecule has 0 fully saturated rings. The molecular weight excluding hydrogens is 320 g/mol. The monoisotopic (exact) mass is 342 g/mol. The van der Waals surface area contributed by atoms with Crippen LogP contribution >= 0.6 is 15.9 Å². The number of ether oxygens (including phenoxy) is 1. The van der Waals surface area contributed by atoms with Crippen LogP contribution in [0.25, 0.3) is 0 Å². The van der Waals surface area contributed by atoms with E-state index >= 15 is 0 Å². The standard InChI is InChI=1S/C15H23BrN2O2/c1-14(2,3)9-7-10(17)12(16)11(8-9)18-13(19)20-15(4,5)6/h7-8H,17H2,1-6H3,(H,18,19). The molecule has 0 aromatic heterocycles. The number of nitrogens with one attached hydrogen (secondary N) is 1. The SMILES string of the molecule is CC(C)(C)OC(=O)Nc1cc(C(C)(C)C)cc(N)c1Br. The lowest BCUT2D eigenvalue weighted by atomic mass is 9.86. The molecule has 0 atom stereocenters. The van der Waals surface area contributed by atoms with Crippen molar-refractivity contribution in [3.05, 3.63) is 22.2 Å². The highest BCUT2D eigenvalue weighted by Crippen LogP contribution is 2.35. The highest BCUT2D eigenvalue weighted by molar-refractivity contribution is 9.10. The Hall–Kier alpha value is -1.23. The number of hydrogen-bond donors (Lipinski definition) is 2. The minimum absolute atomic E-state index is 0.0564. The van der Waals surface area contributed by atoms with Crippen LogP contribution in [0.4, 0.5) is 16.2 Å². The van der Waals surface area contributed by atoms with Gasteiger partial charge in [0.05, 0.1) is 10.2 Å². The van der Waals surface area contributed by atoms with Gasteiger partial charge in [-0.3, -0.25) is 5.32 Å². The average Bonchev–Trinajstić information content (AvgIpc) is 2.20. The summed E-state index contributed by atoms with van der Waals surface area (Å²) in [4.78, 5) is 11.9. The summed E-state index contributed by atoms with van der Waals surface area (Å²) in [6, 6.07) is 3.81. The highest BCUT2D eigenvalue weighted by Gasteiger charge is 2.20. The van der Waals surface area contributed by atoms with E-state index < -0.39 is 11.7 Å². The molecule has 0 saturated heterocycles. The molecule has 0 aliphatic rings. The maximum Gasteiger partial charge on any atom is 0.412 e. The summed E-state index contributed by atoms with van der Waals surface area (Å²) >= 11 is 3.39. The molecular formula is C15H23BrN2O2. The first-order valence-corrected chi connectivity index (χ1v) is 7.29. The van der Waals surface area contributed by atoms with E-state index in [0.717, 1.165) is 5.56 Å².